The second kappa shape index (κ2) is 6.83. The van der Waals surface area contributed by atoms with Crippen LogP contribution in [0.25, 0.3) is 0 Å². The predicted octanol–water partition coefficient (Wildman–Crippen LogP) is 2.53. The van der Waals surface area contributed by atoms with Crippen LogP contribution in [-0.2, 0) is 14.3 Å². The average molecular weight is 214 g/mol. The average Bonchev–Trinajstić information content (AvgIpc) is 3.06. The van der Waals surface area contributed by atoms with E-state index in [-0.39, 0.29) is 12.1 Å². The lowest BCUT2D eigenvalue weighted by molar-refractivity contribution is -0.154. The zero-order chi connectivity index (χ0) is 11.1. The van der Waals surface area contributed by atoms with Gasteiger partial charge in [0.2, 0.25) is 0 Å². The number of unbranched alkanes of at least 4 members (excludes halogenated alkanes) is 1. The molecule has 0 radical (unpaired) electrons. The minimum atomic E-state index is -0.339. The van der Waals surface area contributed by atoms with Crippen LogP contribution in [0.5, 0.6) is 0 Å². The Morgan fingerprint density at radius 1 is 1.47 bits per heavy atom. The van der Waals surface area contributed by atoms with Gasteiger partial charge in [-0.1, -0.05) is 32.6 Å². The molecule has 0 aromatic carbocycles. The first kappa shape index (κ1) is 12.5. The molecule has 0 aromatic rings. The largest absolute Gasteiger partial charge is 0.467 e. The molecule has 1 atom stereocenters. The van der Waals surface area contributed by atoms with E-state index in [1.807, 2.05) is 0 Å². The lowest BCUT2D eigenvalue weighted by Crippen LogP contribution is -2.26. The summed E-state index contributed by atoms with van der Waals surface area (Å²) in [6.45, 7) is 2.81. The summed E-state index contributed by atoms with van der Waals surface area (Å²) in [5, 5.41) is 0. The Bertz CT molecular complexity index is 187. The zero-order valence-electron chi connectivity index (χ0n) is 9.83. The Hall–Kier alpha value is -0.570. The van der Waals surface area contributed by atoms with Crippen molar-refractivity contribution in [2.75, 3.05) is 13.7 Å². The molecule has 1 fully saturated rings. The van der Waals surface area contributed by atoms with E-state index >= 15 is 0 Å². The first-order chi connectivity index (χ1) is 7.27. The molecule has 1 unspecified atom stereocenters. The summed E-state index contributed by atoms with van der Waals surface area (Å²) in [4.78, 5) is 11.4. The van der Waals surface area contributed by atoms with Crippen LogP contribution in [0, 0.1) is 5.92 Å². The third-order valence-corrected chi connectivity index (χ3v) is 2.83. The van der Waals surface area contributed by atoms with E-state index < -0.39 is 0 Å². The highest BCUT2D eigenvalue weighted by Gasteiger charge is 2.23. The third kappa shape index (κ3) is 5.17. The maximum absolute atomic E-state index is 11.4. The van der Waals surface area contributed by atoms with Crippen LogP contribution in [0.4, 0.5) is 0 Å². The highest BCUT2D eigenvalue weighted by molar-refractivity contribution is 5.74. The first-order valence-electron chi connectivity index (χ1n) is 5.97. The molecule has 0 amide bonds. The summed E-state index contributed by atoms with van der Waals surface area (Å²) in [5.41, 5.74) is 0. The van der Waals surface area contributed by atoms with E-state index in [2.05, 4.69) is 6.92 Å². The van der Waals surface area contributed by atoms with E-state index in [0.717, 1.165) is 31.6 Å². The molecule has 1 aliphatic rings. The molecule has 15 heavy (non-hydrogen) atoms. The molecule has 3 heteroatoms. The van der Waals surface area contributed by atoms with Gasteiger partial charge in [-0.2, -0.15) is 0 Å². The Morgan fingerprint density at radius 2 is 2.20 bits per heavy atom. The van der Waals surface area contributed by atoms with Crippen molar-refractivity contribution in [1.82, 2.24) is 0 Å². The summed E-state index contributed by atoms with van der Waals surface area (Å²) in [6, 6.07) is 0. The molecular weight excluding hydrogens is 192 g/mol. The number of hydrogen-bond acceptors (Lipinski definition) is 3. The molecule has 0 bridgehead atoms. The zero-order valence-corrected chi connectivity index (χ0v) is 9.83. The van der Waals surface area contributed by atoms with Gasteiger partial charge in [-0.05, 0) is 18.8 Å². The van der Waals surface area contributed by atoms with Gasteiger partial charge in [-0.15, -0.1) is 0 Å². The molecule has 1 rings (SSSR count). The SMILES string of the molecule is CCCCC(OCCC1CC1)C(=O)OC. The molecule has 0 aromatic heterocycles. The minimum Gasteiger partial charge on any atom is -0.467 e. The number of carbonyl (C=O) groups is 1. The normalized spacial score (nSPS) is 17.5. The quantitative estimate of drug-likeness (QED) is 0.582. The van der Waals surface area contributed by atoms with Gasteiger partial charge in [0.05, 0.1) is 7.11 Å². The maximum Gasteiger partial charge on any atom is 0.334 e. The van der Waals surface area contributed by atoms with Crippen molar-refractivity contribution in [3.63, 3.8) is 0 Å². The van der Waals surface area contributed by atoms with Crippen molar-refractivity contribution in [2.45, 2.75) is 51.6 Å². The molecular formula is C12H22O3. The van der Waals surface area contributed by atoms with Crippen LogP contribution in [0.2, 0.25) is 0 Å². The smallest absolute Gasteiger partial charge is 0.334 e. The fourth-order valence-electron chi connectivity index (χ4n) is 1.57. The summed E-state index contributed by atoms with van der Waals surface area (Å²) in [6.07, 6.45) is 6.31. The molecule has 0 heterocycles. The highest BCUT2D eigenvalue weighted by atomic mass is 16.6. The molecule has 0 aliphatic heterocycles. The Labute approximate surface area is 92.1 Å². The summed E-state index contributed by atoms with van der Waals surface area (Å²) in [5.74, 6) is 0.633. The molecule has 0 spiro atoms. The van der Waals surface area contributed by atoms with Gasteiger partial charge in [-0.25, -0.2) is 4.79 Å². The summed E-state index contributed by atoms with van der Waals surface area (Å²) < 4.78 is 10.3. The molecule has 3 nitrogen and oxygen atoms in total. The van der Waals surface area contributed by atoms with Gasteiger partial charge >= 0.3 is 5.97 Å². The molecule has 1 aliphatic carbocycles. The van der Waals surface area contributed by atoms with Gasteiger partial charge in [0.15, 0.2) is 6.10 Å². The van der Waals surface area contributed by atoms with Crippen LogP contribution in [-0.4, -0.2) is 25.8 Å². The maximum atomic E-state index is 11.4. The number of rotatable bonds is 8. The van der Waals surface area contributed by atoms with Gasteiger partial charge in [-0.3, -0.25) is 0 Å². The summed E-state index contributed by atoms with van der Waals surface area (Å²) in [7, 11) is 1.42. The van der Waals surface area contributed by atoms with E-state index in [1.165, 1.54) is 20.0 Å². The minimum absolute atomic E-state index is 0.223. The predicted molar refractivity (Wildman–Crippen MR) is 58.6 cm³/mol. The van der Waals surface area contributed by atoms with E-state index in [9.17, 15) is 4.79 Å². The van der Waals surface area contributed by atoms with Crippen molar-refractivity contribution >= 4 is 5.97 Å². The fraction of sp³-hybridized carbons (Fsp3) is 0.917. The van der Waals surface area contributed by atoms with E-state index in [0.29, 0.717) is 6.61 Å². The number of esters is 1. The molecule has 0 N–H and O–H groups in total. The van der Waals surface area contributed by atoms with Gasteiger partial charge in [0.1, 0.15) is 0 Å². The molecule has 0 saturated heterocycles. The third-order valence-electron chi connectivity index (χ3n) is 2.83. The number of carbonyl (C=O) groups excluding carboxylic acids is 1. The van der Waals surface area contributed by atoms with Crippen molar-refractivity contribution in [2.24, 2.45) is 5.92 Å². The standard InChI is InChI=1S/C12H22O3/c1-3-4-5-11(12(13)14-2)15-9-8-10-6-7-10/h10-11H,3-9H2,1-2H3. The van der Waals surface area contributed by atoms with Crippen LogP contribution >= 0.6 is 0 Å². The van der Waals surface area contributed by atoms with Gasteiger partial charge < -0.3 is 9.47 Å². The van der Waals surface area contributed by atoms with E-state index in [1.54, 1.807) is 0 Å². The highest BCUT2D eigenvalue weighted by Crippen LogP contribution is 2.32. The Kier molecular flexibility index (Phi) is 5.69. The Morgan fingerprint density at radius 3 is 2.73 bits per heavy atom. The lowest BCUT2D eigenvalue weighted by Gasteiger charge is -2.14. The second-order valence-electron chi connectivity index (χ2n) is 4.26. The van der Waals surface area contributed by atoms with Crippen LogP contribution in [0.15, 0.2) is 0 Å². The second-order valence-corrected chi connectivity index (χ2v) is 4.26. The van der Waals surface area contributed by atoms with Gasteiger partial charge in [0, 0.05) is 6.61 Å². The Balaban J connectivity index is 2.16. The molecule has 88 valence electrons. The molecule has 1 saturated carbocycles. The number of hydrogen-bond donors (Lipinski definition) is 0. The van der Waals surface area contributed by atoms with Crippen molar-refractivity contribution < 1.29 is 14.3 Å². The fourth-order valence-corrected chi connectivity index (χ4v) is 1.57. The summed E-state index contributed by atoms with van der Waals surface area (Å²) >= 11 is 0. The number of methoxy groups -OCH3 is 1. The van der Waals surface area contributed by atoms with Crippen molar-refractivity contribution in [3.8, 4) is 0 Å². The van der Waals surface area contributed by atoms with Crippen molar-refractivity contribution in [3.05, 3.63) is 0 Å². The topological polar surface area (TPSA) is 35.5 Å². The monoisotopic (exact) mass is 214 g/mol. The first-order valence-corrected chi connectivity index (χ1v) is 5.97. The van der Waals surface area contributed by atoms with Crippen LogP contribution in [0.1, 0.15) is 45.4 Å². The lowest BCUT2D eigenvalue weighted by atomic mass is 10.1. The number of ether oxygens (including phenoxy) is 2. The van der Waals surface area contributed by atoms with Crippen LogP contribution < -0.4 is 0 Å². The van der Waals surface area contributed by atoms with Crippen molar-refractivity contribution in [1.29, 1.82) is 0 Å². The van der Waals surface area contributed by atoms with Crippen LogP contribution in [0.3, 0.4) is 0 Å². The van der Waals surface area contributed by atoms with Gasteiger partial charge in [0.25, 0.3) is 0 Å². The van der Waals surface area contributed by atoms with E-state index in [4.69, 9.17) is 9.47 Å².